The van der Waals surface area contributed by atoms with Gasteiger partial charge < -0.3 is 9.64 Å². The van der Waals surface area contributed by atoms with Gasteiger partial charge in [0.25, 0.3) is 0 Å². The first-order valence-corrected chi connectivity index (χ1v) is 7.66. The summed E-state index contributed by atoms with van der Waals surface area (Å²) in [6, 6.07) is 2.81. The largest absolute Gasteiger partial charge is 0.477 e. The molecule has 3 rings (SSSR count). The molecular weight excluding hydrogens is 302 g/mol. The molecule has 5 nitrogen and oxygen atoms in total. The molecule has 0 amide bonds. The normalized spacial score (nSPS) is 17.5. The molecule has 1 aliphatic heterocycles. The maximum Gasteiger partial charge on any atom is 0.213 e. The van der Waals surface area contributed by atoms with E-state index < -0.39 is 5.82 Å². The van der Waals surface area contributed by atoms with Crippen LogP contribution in [0.1, 0.15) is 19.0 Å². The lowest BCUT2D eigenvalue weighted by Gasteiger charge is -2.18. The Kier molecular flexibility index (Phi) is 4.64. The van der Waals surface area contributed by atoms with Gasteiger partial charge in [-0.3, -0.25) is 0 Å². The van der Waals surface area contributed by atoms with Crippen LogP contribution in [0.2, 0.25) is 0 Å². The monoisotopic (exact) mass is 320 g/mol. The number of pyridine rings is 1. The highest BCUT2D eigenvalue weighted by Gasteiger charge is 2.27. The van der Waals surface area contributed by atoms with Gasteiger partial charge in [0.1, 0.15) is 12.1 Å². The number of anilines is 1. The van der Waals surface area contributed by atoms with Crippen molar-refractivity contribution in [2.75, 3.05) is 24.6 Å². The van der Waals surface area contributed by atoms with Crippen LogP contribution in [-0.4, -0.2) is 34.6 Å². The van der Waals surface area contributed by atoms with E-state index in [1.807, 2.05) is 11.8 Å². The van der Waals surface area contributed by atoms with E-state index in [0.717, 1.165) is 19.2 Å². The summed E-state index contributed by atoms with van der Waals surface area (Å²) in [5.74, 6) is 0.277. The fourth-order valence-electron chi connectivity index (χ4n) is 2.67. The standard InChI is InChI=1S/C16H18F2N4O/c1-2-13-15(18)16(21-10-20-13)22-6-5-11(8-22)9-23-14-4-3-12(17)7-19-14/h3-4,7,10-11H,2,5-6,8-9H2,1H3. The molecule has 2 aromatic heterocycles. The molecule has 0 aliphatic carbocycles. The lowest BCUT2D eigenvalue weighted by Crippen LogP contribution is -2.24. The number of hydrogen-bond acceptors (Lipinski definition) is 5. The van der Waals surface area contributed by atoms with Crippen LogP contribution in [0.4, 0.5) is 14.6 Å². The Labute approximate surface area is 133 Å². The van der Waals surface area contributed by atoms with Crippen LogP contribution in [0, 0.1) is 17.6 Å². The first-order valence-electron chi connectivity index (χ1n) is 7.66. The molecule has 0 N–H and O–H groups in total. The van der Waals surface area contributed by atoms with Gasteiger partial charge in [0.15, 0.2) is 11.6 Å². The summed E-state index contributed by atoms with van der Waals surface area (Å²) in [5.41, 5.74) is 0.435. The first-order chi connectivity index (χ1) is 11.2. The van der Waals surface area contributed by atoms with E-state index in [1.165, 1.54) is 18.5 Å². The highest BCUT2D eigenvalue weighted by Crippen LogP contribution is 2.25. The molecule has 7 heteroatoms. The predicted molar refractivity (Wildman–Crippen MR) is 81.4 cm³/mol. The van der Waals surface area contributed by atoms with Crippen LogP contribution in [0.15, 0.2) is 24.7 Å². The summed E-state index contributed by atoms with van der Waals surface area (Å²) < 4.78 is 32.7. The molecule has 1 unspecified atom stereocenters. The molecule has 0 saturated carbocycles. The number of nitrogens with zero attached hydrogens (tertiary/aromatic N) is 4. The van der Waals surface area contributed by atoms with Gasteiger partial charge in [0.2, 0.25) is 5.88 Å². The molecule has 1 fully saturated rings. The Morgan fingerprint density at radius 3 is 2.87 bits per heavy atom. The predicted octanol–water partition coefficient (Wildman–Crippen LogP) is 2.62. The van der Waals surface area contributed by atoms with Gasteiger partial charge in [-0.2, -0.15) is 0 Å². The van der Waals surface area contributed by atoms with Crippen LogP contribution in [0.5, 0.6) is 5.88 Å². The first kappa shape index (κ1) is 15.6. The second-order valence-electron chi connectivity index (χ2n) is 5.54. The quantitative estimate of drug-likeness (QED) is 0.847. The number of hydrogen-bond donors (Lipinski definition) is 0. The van der Waals surface area contributed by atoms with Crippen LogP contribution in [-0.2, 0) is 6.42 Å². The zero-order valence-electron chi connectivity index (χ0n) is 12.9. The van der Waals surface area contributed by atoms with Crippen molar-refractivity contribution < 1.29 is 13.5 Å². The summed E-state index contributed by atoms with van der Waals surface area (Å²) in [5, 5.41) is 0. The summed E-state index contributed by atoms with van der Waals surface area (Å²) >= 11 is 0. The Bertz CT molecular complexity index is 666. The number of rotatable bonds is 5. The summed E-state index contributed by atoms with van der Waals surface area (Å²) in [6.07, 6.45) is 3.95. The topological polar surface area (TPSA) is 51.1 Å². The van der Waals surface area contributed by atoms with E-state index in [4.69, 9.17) is 4.74 Å². The molecule has 23 heavy (non-hydrogen) atoms. The van der Waals surface area contributed by atoms with Crippen LogP contribution < -0.4 is 9.64 Å². The number of halogens is 2. The molecule has 1 saturated heterocycles. The van der Waals surface area contributed by atoms with Gasteiger partial charge in [-0.05, 0) is 18.9 Å². The molecular formula is C16H18F2N4O. The minimum absolute atomic E-state index is 0.251. The van der Waals surface area contributed by atoms with Gasteiger partial charge in [-0.25, -0.2) is 23.7 Å². The fraction of sp³-hybridized carbons (Fsp3) is 0.438. The maximum absolute atomic E-state index is 14.3. The van der Waals surface area contributed by atoms with Crippen LogP contribution in [0.3, 0.4) is 0 Å². The van der Waals surface area contributed by atoms with Gasteiger partial charge in [0.05, 0.1) is 18.5 Å². The second kappa shape index (κ2) is 6.85. The molecule has 0 aromatic carbocycles. The van der Waals surface area contributed by atoms with Crippen molar-refractivity contribution in [1.29, 1.82) is 0 Å². The smallest absolute Gasteiger partial charge is 0.213 e. The fourth-order valence-corrected chi connectivity index (χ4v) is 2.67. The molecule has 1 aliphatic rings. The Balaban J connectivity index is 1.59. The third kappa shape index (κ3) is 3.55. The van der Waals surface area contributed by atoms with Crippen molar-refractivity contribution in [3.63, 3.8) is 0 Å². The molecule has 0 spiro atoms. The average Bonchev–Trinajstić information content (AvgIpc) is 3.03. The number of aromatic nitrogens is 3. The van der Waals surface area contributed by atoms with Crippen LogP contribution >= 0.6 is 0 Å². The third-order valence-electron chi connectivity index (χ3n) is 3.93. The Hall–Kier alpha value is -2.31. The van der Waals surface area contributed by atoms with E-state index >= 15 is 0 Å². The molecule has 1 atom stereocenters. The lowest BCUT2D eigenvalue weighted by molar-refractivity contribution is 0.251. The molecule has 2 aromatic rings. The molecule has 3 heterocycles. The average molecular weight is 320 g/mol. The molecule has 0 radical (unpaired) electrons. The number of aryl methyl sites for hydroxylation is 1. The van der Waals surface area contributed by atoms with E-state index in [9.17, 15) is 8.78 Å². The van der Waals surface area contributed by atoms with Crippen molar-refractivity contribution in [3.05, 3.63) is 42.0 Å². The number of ether oxygens (including phenoxy) is 1. The summed E-state index contributed by atoms with van der Waals surface area (Å²) in [4.78, 5) is 13.8. The van der Waals surface area contributed by atoms with Crippen molar-refractivity contribution in [1.82, 2.24) is 15.0 Å². The summed E-state index contributed by atoms with van der Waals surface area (Å²) in [6.45, 7) is 3.72. The highest BCUT2D eigenvalue weighted by molar-refractivity contribution is 5.42. The highest BCUT2D eigenvalue weighted by atomic mass is 19.1. The van der Waals surface area contributed by atoms with Crippen molar-refractivity contribution >= 4 is 5.82 Å². The lowest BCUT2D eigenvalue weighted by atomic mass is 10.1. The van der Waals surface area contributed by atoms with E-state index in [2.05, 4.69) is 15.0 Å². The summed E-state index contributed by atoms with van der Waals surface area (Å²) in [7, 11) is 0. The van der Waals surface area contributed by atoms with Crippen molar-refractivity contribution in [3.8, 4) is 5.88 Å². The zero-order chi connectivity index (χ0) is 16.2. The van der Waals surface area contributed by atoms with E-state index in [1.54, 1.807) is 0 Å². The van der Waals surface area contributed by atoms with Gasteiger partial charge in [-0.15, -0.1) is 0 Å². The van der Waals surface area contributed by atoms with Gasteiger partial charge >= 0.3 is 0 Å². The third-order valence-corrected chi connectivity index (χ3v) is 3.93. The van der Waals surface area contributed by atoms with Crippen molar-refractivity contribution in [2.24, 2.45) is 5.92 Å². The minimum Gasteiger partial charge on any atom is -0.477 e. The Morgan fingerprint density at radius 1 is 1.26 bits per heavy atom. The van der Waals surface area contributed by atoms with Crippen LogP contribution in [0.25, 0.3) is 0 Å². The van der Waals surface area contributed by atoms with E-state index in [0.29, 0.717) is 37.0 Å². The minimum atomic E-state index is -0.393. The van der Waals surface area contributed by atoms with Gasteiger partial charge in [-0.1, -0.05) is 6.92 Å². The Morgan fingerprint density at radius 2 is 2.13 bits per heavy atom. The van der Waals surface area contributed by atoms with E-state index in [-0.39, 0.29) is 11.7 Å². The molecule has 122 valence electrons. The van der Waals surface area contributed by atoms with Crippen molar-refractivity contribution in [2.45, 2.75) is 19.8 Å². The molecule has 0 bridgehead atoms. The second-order valence-corrected chi connectivity index (χ2v) is 5.54. The van der Waals surface area contributed by atoms with Gasteiger partial charge in [0, 0.05) is 25.1 Å². The zero-order valence-corrected chi connectivity index (χ0v) is 12.9. The maximum atomic E-state index is 14.3. The SMILES string of the molecule is CCc1ncnc(N2CCC(COc3ccc(F)cn3)C2)c1F.